The summed E-state index contributed by atoms with van der Waals surface area (Å²) in [4.78, 5) is 0. The number of benzene rings is 3. The van der Waals surface area contributed by atoms with Gasteiger partial charge in [-0.05, 0) is 30.2 Å². The minimum absolute atomic E-state index is 0.0373. The van der Waals surface area contributed by atoms with Gasteiger partial charge >= 0.3 is 0 Å². The zero-order chi connectivity index (χ0) is 24.4. The van der Waals surface area contributed by atoms with Crippen molar-refractivity contribution in [3.63, 3.8) is 0 Å². The van der Waals surface area contributed by atoms with E-state index in [1.54, 1.807) is 7.11 Å². The number of rotatable bonds is 6. The average Bonchev–Trinajstić information content (AvgIpc) is 3.30. The lowest BCUT2D eigenvalue weighted by Gasteiger charge is -2.25. The van der Waals surface area contributed by atoms with E-state index in [1.165, 1.54) is 0 Å². The predicted molar refractivity (Wildman–Crippen MR) is 132 cm³/mol. The first kappa shape index (κ1) is 22.1. The second-order valence-corrected chi connectivity index (χ2v) is 8.29. The predicted octanol–water partition coefficient (Wildman–Crippen LogP) is 5.19. The van der Waals surface area contributed by atoms with Gasteiger partial charge in [0.25, 0.3) is 0 Å². The van der Waals surface area contributed by atoms with Crippen molar-refractivity contribution in [1.29, 1.82) is 5.26 Å². The number of fused-ring (bicyclic) bond motifs is 1. The summed E-state index contributed by atoms with van der Waals surface area (Å²) in [6.07, 6.45) is 0. The molecular weight excluding hydrogens is 440 g/mol. The summed E-state index contributed by atoms with van der Waals surface area (Å²) in [5.74, 6) is 1.06. The van der Waals surface area contributed by atoms with Crippen LogP contribution in [0.25, 0.3) is 11.3 Å². The fourth-order valence-corrected chi connectivity index (χ4v) is 4.24. The van der Waals surface area contributed by atoms with Crippen LogP contribution in [0.2, 0.25) is 0 Å². The number of methoxy groups -OCH3 is 1. The van der Waals surface area contributed by atoms with Crippen LogP contribution in [0.3, 0.4) is 0 Å². The van der Waals surface area contributed by atoms with Gasteiger partial charge in [0.15, 0.2) is 11.5 Å². The molecule has 0 aliphatic carbocycles. The first-order chi connectivity index (χ1) is 17.1. The molecule has 0 radical (unpaired) electrons. The van der Waals surface area contributed by atoms with E-state index in [-0.39, 0.29) is 5.88 Å². The van der Waals surface area contributed by atoms with E-state index in [0.717, 1.165) is 33.5 Å². The van der Waals surface area contributed by atoms with E-state index in [4.69, 9.17) is 19.9 Å². The Labute approximate surface area is 203 Å². The molecule has 2 heterocycles. The second-order valence-electron chi connectivity index (χ2n) is 8.29. The van der Waals surface area contributed by atoms with Gasteiger partial charge in [0.1, 0.15) is 18.2 Å². The standard InChI is InChI=1S/C28H24N4O3/c1-17-8-10-19(11-9-17)26-25-24(21(15-29)27(30)35-28(25)32-31-26)20-12-13-22(23(14-20)33-2)34-16-18-6-4-3-5-7-18/h3-14,24H,16,30H2,1-2H3,(H,31,32)/t24-/m1/s1. The Balaban J connectivity index is 1.56. The lowest BCUT2D eigenvalue weighted by Crippen LogP contribution is -2.21. The maximum absolute atomic E-state index is 9.99. The van der Waals surface area contributed by atoms with Crippen molar-refractivity contribution in [3.05, 3.63) is 107 Å². The molecule has 5 rings (SSSR count). The lowest BCUT2D eigenvalue weighted by molar-refractivity contribution is 0.284. The summed E-state index contributed by atoms with van der Waals surface area (Å²) in [6.45, 7) is 2.44. The highest BCUT2D eigenvalue weighted by Gasteiger charge is 2.36. The highest BCUT2D eigenvalue weighted by molar-refractivity contribution is 5.71. The highest BCUT2D eigenvalue weighted by Crippen LogP contribution is 2.47. The molecule has 35 heavy (non-hydrogen) atoms. The molecule has 1 aromatic heterocycles. The summed E-state index contributed by atoms with van der Waals surface area (Å²) in [5.41, 5.74) is 11.9. The molecule has 1 aliphatic heterocycles. The van der Waals surface area contributed by atoms with Crippen LogP contribution in [0.15, 0.2) is 84.3 Å². The largest absolute Gasteiger partial charge is 0.493 e. The van der Waals surface area contributed by atoms with E-state index in [2.05, 4.69) is 16.3 Å². The van der Waals surface area contributed by atoms with Gasteiger partial charge in [0.2, 0.25) is 11.8 Å². The number of H-pyrrole nitrogens is 1. The van der Waals surface area contributed by atoms with Crippen LogP contribution in [-0.4, -0.2) is 17.3 Å². The normalized spacial score (nSPS) is 14.6. The molecule has 1 atom stereocenters. The van der Waals surface area contributed by atoms with Crippen LogP contribution < -0.4 is 19.9 Å². The molecule has 0 spiro atoms. The molecule has 0 amide bonds. The van der Waals surface area contributed by atoms with Crippen molar-refractivity contribution in [2.24, 2.45) is 5.73 Å². The number of nitrogens with two attached hydrogens (primary N) is 1. The topological polar surface area (TPSA) is 106 Å². The number of aryl methyl sites for hydroxylation is 1. The molecule has 0 saturated carbocycles. The van der Waals surface area contributed by atoms with Gasteiger partial charge in [-0.15, -0.1) is 5.10 Å². The van der Waals surface area contributed by atoms with E-state index < -0.39 is 5.92 Å². The third kappa shape index (κ3) is 4.18. The minimum Gasteiger partial charge on any atom is -0.493 e. The van der Waals surface area contributed by atoms with Crippen molar-refractivity contribution in [2.45, 2.75) is 19.4 Å². The Bertz CT molecular complexity index is 1430. The van der Waals surface area contributed by atoms with Gasteiger partial charge in [-0.1, -0.05) is 66.2 Å². The van der Waals surface area contributed by atoms with E-state index >= 15 is 0 Å². The number of nitriles is 1. The second kappa shape index (κ2) is 9.27. The van der Waals surface area contributed by atoms with Crippen LogP contribution in [0, 0.1) is 18.3 Å². The molecule has 4 aromatic rings. The first-order valence-corrected chi connectivity index (χ1v) is 11.2. The van der Waals surface area contributed by atoms with Crippen LogP contribution >= 0.6 is 0 Å². The van der Waals surface area contributed by atoms with E-state index in [0.29, 0.717) is 29.6 Å². The van der Waals surface area contributed by atoms with Crippen molar-refractivity contribution >= 4 is 0 Å². The molecule has 174 valence electrons. The fourth-order valence-electron chi connectivity index (χ4n) is 4.24. The van der Waals surface area contributed by atoms with Gasteiger partial charge in [0, 0.05) is 5.56 Å². The highest BCUT2D eigenvalue weighted by atomic mass is 16.5. The van der Waals surface area contributed by atoms with Gasteiger partial charge < -0.3 is 19.9 Å². The fraction of sp³-hybridized carbons (Fsp3) is 0.143. The molecule has 0 unspecified atom stereocenters. The monoisotopic (exact) mass is 464 g/mol. The minimum atomic E-state index is -0.490. The molecule has 7 nitrogen and oxygen atoms in total. The van der Waals surface area contributed by atoms with Crippen molar-refractivity contribution in [1.82, 2.24) is 10.2 Å². The third-order valence-electron chi connectivity index (χ3n) is 6.04. The number of ether oxygens (including phenoxy) is 3. The summed E-state index contributed by atoms with van der Waals surface area (Å²) >= 11 is 0. The Morgan fingerprint density at radius 3 is 2.54 bits per heavy atom. The van der Waals surface area contributed by atoms with Crippen molar-refractivity contribution < 1.29 is 14.2 Å². The zero-order valence-corrected chi connectivity index (χ0v) is 19.4. The number of nitrogens with zero attached hydrogens (tertiary/aromatic N) is 2. The maximum atomic E-state index is 9.99. The SMILES string of the molecule is COc1cc([C@@H]2C(C#N)=C(N)Oc3n[nH]c(-c4ccc(C)cc4)c32)ccc1OCc1ccccc1. The molecule has 1 aliphatic rings. The van der Waals surface area contributed by atoms with Gasteiger partial charge in [-0.2, -0.15) is 5.26 Å². The van der Waals surface area contributed by atoms with Gasteiger partial charge in [-0.25, -0.2) is 0 Å². The molecule has 0 bridgehead atoms. The quantitative estimate of drug-likeness (QED) is 0.407. The van der Waals surface area contributed by atoms with Crippen LogP contribution in [0.1, 0.15) is 28.2 Å². The van der Waals surface area contributed by atoms with Crippen molar-refractivity contribution in [2.75, 3.05) is 7.11 Å². The molecule has 0 fully saturated rings. The van der Waals surface area contributed by atoms with E-state index in [9.17, 15) is 5.26 Å². The average molecular weight is 465 g/mol. The third-order valence-corrected chi connectivity index (χ3v) is 6.04. The Morgan fingerprint density at radius 1 is 1.06 bits per heavy atom. The van der Waals surface area contributed by atoms with Gasteiger partial charge in [0.05, 0.1) is 24.3 Å². The smallest absolute Gasteiger partial charge is 0.244 e. The lowest BCUT2D eigenvalue weighted by atomic mass is 9.83. The first-order valence-electron chi connectivity index (χ1n) is 11.2. The summed E-state index contributed by atoms with van der Waals surface area (Å²) in [7, 11) is 1.59. The summed E-state index contributed by atoms with van der Waals surface area (Å²) < 4.78 is 17.4. The number of aromatic nitrogens is 2. The molecule has 0 saturated heterocycles. The summed E-state index contributed by atoms with van der Waals surface area (Å²) in [5, 5.41) is 17.4. The zero-order valence-electron chi connectivity index (χ0n) is 19.4. The van der Waals surface area contributed by atoms with Crippen LogP contribution in [0.4, 0.5) is 0 Å². The van der Waals surface area contributed by atoms with Gasteiger partial charge in [-0.3, -0.25) is 5.10 Å². The number of allylic oxidation sites excluding steroid dienone is 1. The molecule has 3 N–H and O–H groups in total. The Kier molecular flexibility index (Phi) is 5.86. The maximum Gasteiger partial charge on any atom is 0.244 e. The molecule has 7 heteroatoms. The number of hydrogen-bond donors (Lipinski definition) is 2. The Morgan fingerprint density at radius 2 is 1.83 bits per heavy atom. The molecular formula is C28H24N4O3. The van der Waals surface area contributed by atoms with Crippen LogP contribution in [-0.2, 0) is 6.61 Å². The van der Waals surface area contributed by atoms with E-state index in [1.807, 2.05) is 79.7 Å². The Hall–Kier alpha value is -4.70. The number of nitrogens with one attached hydrogen (secondary N) is 1. The summed E-state index contributed by atoms with van der Waals surface area (Å²) in [6, 6.07) is 25.9. The number of aromatic amines is 1. The number of hydrogen-bond acceptors (Lipinski definition) is 6. The van der Waals surface area contributed by atoms with Crippen molar-refractivity contribution in [3.8, 4) is 34.7 Å². The van der Waals surface area contributed by atoms with Crippen LogP contribution in [0.5, 0.6) is 17.4 Å². The molecule has 3 aromatic carbocycles.